The number of aryl methyl sites for hydroxylation is 1. The first-order chi connectivity index (χ1) is 18.5. The fourth-order valence-corrected chi connectivity index (χ4v) is 6.70. The summed E-state index contributed by atoms with van der Waals surface area (Å²) >= 11 is 0. The molecule has 1 aromatic heterocycles. The molecule has 0 aliphatic carbocycles. The number of unbranched alkanes of at least 4 members (excludes halogenated alkanes) is 1. The summed E-state index contributed by atoms with van der Waals surface area (Å²) in [5.74, 6) is 0.697. The predicted molar refractivity (Wildman–Crippen MR) is 148 cm³/mol. The maximum Gasteiger partial charge on any atom is 0.261 e. The van der Waals surface area contributed by atoms with Crippen molar-refractivity contribution in [2.45, 2.75) is 63.6 Å². The summed E-state index contributed by atoms with van der Waals surface area (Å²) in [6, 6.07) is 11.8. The first-order valence-electron chi connectivity index (χ1n) is 13.8. The lowest BCUT2D eigenvalue weighted by atomic mass is 9.81. The van der Waals surface area contributed by atoms with Gasteiger partial charge in [-0.2, -0.15) is 0 Å². The van der Waals surface area contributed by atoms with E-state index in [0.29, 0.717) is 17.7 Å². The number of benzene rings is 1. The monoisotopic (exact) mass is 509 g/mol. The average molecular weight is 510 g/mol. The number of rotatable bonds is 7. The minimum absolute atomic E-state index is 0.171. The van der Waals surface area contributed by atoms with Crippen LogP contribution >= 0.6 is 0 Å². The van der Waals surface area contributed by atoms with Crippen molar-refractivity contribution in [2.24, 2.45) is 4.99 Å². The number of hydrogen-bond donors (Lipinski definition) is 0. The molecule has 0 saturated carbocycles. The van der Waals surface area contributed by atoms with Crippen molar-refractivity contribution in [3.63, 3.8) is 0 Å². The van der Waals surface area contributed by atoms with Crippen molar-refractivity contribution in [3.05, 3.63) is 89.4 Å². The summed E-state index contributed by atoms with van der Waals surface area (Å²) in [6.07, 6.45) is 15.2. The second kappa shape index (κ2) is 9.95. The molecular weight excluding hydrogens is 474 g/mol. The molecule has 2 aromatic rings. The minimum atomic E-state index is -0.224. The lowest BCUT2D eigenvalue weighted by Crippen LogP contribution is -2.55. The summed E-state index contributed by atoms with van der Waals surface area (Å²) in [5, 5.41) is 0. The molecule has 5 heterocycles. The normalized spacial score (nSPS) is 26.6. The number of pyridine rings is 1. The Balaban J connectivity index is 1.20. The van der Waals surface area contributed by atoms with E-state index in [2.05, 4.69) is 54.1 Å². The Morgan fingerprint density at radius 3 is 2.47 bits per heavy atom. The minimum Gasteiger partial charge on any atom is -0.331 e. The molecule has 38 heavy (non-hydrogen) atoms. The highest BCUT2D eigenvalue weighted by molar-refractivity contribution is 6.21. The van der Waals surface area contributed by atoms with E-state index in [9.17, 15) is 9.59 Å². The van der Waals surface area contributed by atoms with Gasteiger partial charge in [0.25, 0.3) is 11.8 Å². The van der Waals surface area contributed by atoms with Gasteiger partial charge in [0, 0.05) is 25.0 Å². The fraction of sp³-hybridized carbons (Fsp3) is 0.419. The van der Waals surface area contributed by atoms with Crippen LogP contribution in [-0.4, -0.2) is 68.5 Å². The summed E-state index contributed by atoms with van der Waals surface area (Å²) in [6.45, 7) is 6.64. The molecule has 1 saturated heterocycles. The van der Waals surface area contributed by atoms with Crippen molar-refractivity contribution in [3.8, 4) is 0 Å². The van der Waals surface area contributed by atoms with Gasteiger partial charge in [0.2, 0.25) is 0 Å². The summed E-state index contributed by atoms with van der Waals surface area (Å²) < 4.78 is 0. The van der Waals surface area contributed by atoms with Crippen molar-refractivity contribution < 1.29 is 9.59 Å². The number of likely N-dealkylation sites (tertiary alicyclic amines) is 1. The number of nitrogens with zero attached hydrogens (tertiary/aromatic N) is 5. The number of aliphatic imine (C=N–C) groups is 1. The second-order valence-corrected chi connectivity index (χ2v) is 11.1. The molecule has 6 rings (SSSR count). The van der Waals surface area contributed by atoms with Gasteiger partial charge in [-0.15, -0.1) is 0 Å². The Bertz CT molecular complexity index is 1310. The summed E-state index contributed by atoms with van der Waals surface area (Å²) in [7, 11) is 0. The van der Waals surface area contributed by atoms with Crippen LogP contribution in [-0.2, 0) is 0 Å². The molecule has 0 unspecified atom stereocenters. The van der Waals surface area contributed by atoms with Gasteiger partial charge in [0.15, 0.2) is 0 Å². The van der Waals surface area contributed by atoms with Crippen molar-refractivity contribution >= 4 is 17.6 Å². The maximum absolute atomic E-state index is 12.8. The first kappa shape index (κ1) is 24.7. The van der Waals surface area contributed by atoms with E-state index < -0.39 is 0 Å². The molecular formula is C31H35N5O2. The van der Waals surface area contributed by atoms with Gasteiger partial charge >= 0.3 is 0 Å². The molecule has 4 aliphatic heterocycles. The van der Waals surface area contributed by atoms with Gasteiger partial charge in [-0.1, -0.05) is 24.3 Å². The SMILES string of the molecule is Cc1cccnc1[C@@H]1CCC[C@H]([C@]2(C)CN3C=CC=CC3=N2)N1CCCCN1C(=O)c2ccccc2C1=O. The topological polar surface area (TPSA) is 69.1 Å². The molecule has 0 spiro atoms. The third kappa shape index (κ3) is 4.29. The lowest BCUT2D eigenvalue weighted by Gasteiger charge is -2.48. The van der Waals surface area contributed by atoms with E-state index in [1.54, 1.807) is 12.1 Å². The number of allylic oxidation sites excluding steroid dienone is 2. The highest BCUT2D eigenvalue weighted by Gasteiger charge is 2.47. The van der Waals surface area contributed by atoms with Crippen molar-refractivity contribution in [2.75, 3.05) is 19.6 Å². The molecule has 7 nitrogen and oxygen atoms in total. The maximum atomic E-state index is 12.8. The zero-order valence-corrected chi connectivity index (χ0v) is 22.2. The third-order valence-electron chi connectivity index (χ3n) is 8.54. The first-order valence-corrected chi connectivity index (χ1v) is 13.8. The number of piperidine rings is 1. The number of amides is 2. The molecule has 4 aliphatic rings. The van der Waals surface area contributed by atoms with Gasteiger partial charge in [-0.3, -0.25) is 29.4 Å². The van der Waals surface area contributed by atoms with Crippen LogP contribution in [0.5, 0.6) is 0 Å². The Morgan fingerprint density at radius 1 is 0.974 bits per heavy atom. The van der Waals surface area contributed by atoms with E-state index in [-0.39, 0.29) is 29.4 Å². The predicted octanol–water partition coefficient (Wildman–Crippen LogP) is 4.92. The average Bonchev–Trinajstić information content (AvgIpc) is 3.41. The molecule has 0 radical (unpaired) electrons. The number of aromatic nitrogens is 1. The molecule has 1 fully saturated rings. The van der Waals surface area contributed by atoms with Crippen LogP contribution in [0.1, 0.15) is 77.0 Å². The van der Waals surface area contributed by atoms with E-state index >= 15 is 0 Å². The standard InChI is InChI=1S/C31H35N5O2/c1-22-11-10-17-32-28(22)25-14-9-15-26(31(2)21-34-18-6-5-16-27(34)33-31)35(25)19-7-8-20-36-29(37)23-12-3-4-13-24(23)30(36)38/h3-6,10-13,16-18,25-26H,7-9,14-15,19-21H2,1-2H3/t25-,26+,31-/m0/s1. The van der Waals surface area contributed by atoms with Crippen LogP contribution in [0.3, 0.4) is 0 Å². The lowest BCUT2D eigenvalue weighted by molar-refractivity contribution is 0.0347. The van der Waals surface area contributed by atoms with Crippen LogP contribution in [0.25, 0.3) is 0 Å². The van der Waals surface area contributed by atoms with Crippen LogP contribution in [0.4, 0.5) is 0 Å². The number of carbonyl (C=O) groups is 2. The van der Waals surface area contributed by atoms with E-state index in [1.165, 1.54) is 10.5 Å². The summed E-state index contributed by atoms with van der Waals surface area (Å²) in [5.41, 5.74) is 3.20. The molecule has 196 valence electrons. The molecule has 1 aromatic carbocycles. The molecule has 0 bridgehead atoms. The zero-order chi connectivity index (χ0) is 26.3. The highest BCUT2D eigenvalue weighted by atomic mass is 16.2. The highest BCUT2D eigenvalue weighted by Crippen LogP contribution is 2.42. The largest absolute Gasteiger partial charge is 0.331 e. The van der Waals surface area contributed by atoms with E-state index in [0.717, 1.165) is 56.7 Å². The van der Waals surface area contributed by atoms with Crippen molar-refractivity contribution in [1.29, 1.82) is 0 Å². The van der Waals surface area contributed by atoms with Crippen molar-refractivity contribution in [1.82, 2.24) is 19.7 Å². The van der Waals surface area contributed by atoms with Crippen LogP contribution in [0.15, 0.2) is 72.0 Å². The molecule has 3 atom stereocenters. The van der Waals surface area contributed by atoms with Crippen LogP contribution in [0, 0.1) is 6.92 Å². The van der Waals surface area contributed by atoms with Gasteiger partial charge in [-0.25, -0.2) is 0 Å². The Morgan fingerprint density at radius 2 is 1.74 bits per heavy atom. The molecule has 7 heteroatoms. The fourth-order valence-electron chi connectivity index (χ4n) is 6.70. The van der Waals surface area contributed by atoms with Gasteiger partial charge in [0.05, 0.1) is 34.9 Å². The Hall–Kier alpha value is -3.58. The van der Waals surface area contributed by atoms with Crippen LogP contribution < -0.4 is 0 Å². The third-order valence-corrected chi connectivity index (χ3v) is 8.54. The number of imide groups is 1. The van der Waals surface area contributed by atoms with E-state index in [4.69, 9.17) is 9.98 Å². The summed E-state index contributed by atoms with van der Waals surface area (Å²) in [4.78, 5) is 42.0. The van der Waals surface area contributed by atoms with E-state index in [1.807, 2.05) is 24.4 Å². The van der Waals surface area contributed by atoms with Crippen LogP contribution in [0.2, 0.25) is 0 Å². The van der Waals surface area contributed by atoms with Gasteiger partial charge in [-0.05, 0) is 88.4 Å². The van der Waals surface area contributed by atoms with Gasteiger partial charge in [0.1, 0.15) is 5.84 Å². The number of hydrogen-bond acceptors (Lipinski definition) is 6. The Labute approximate surface area is 224 Å². The van der Waals surface area contributed by atoms with Gasteiger partial charge < -0.3 is 4.90 Å². The zero-order valence-electron chi connectivity index (χ0n) is 22.2. The smallest absolute Gasteiger partial charge is 0.261 e. The Kier molecular flexibility index (Phi) is 6.48. The molecule has 0 N–H and O–H groups in total. The second-order valence-electron chi connectivity index (χ2n) is 11.1. The number of amidine groups is 1. The number of fused-ring (bicyclic) bond motifs is 2. The molecule has 2 amide bonds. The quantitative estimate of drug-likeness (QED) is 0.392. The number of carbonyl (C=O) groups excluding carboxylic acids is 2.